The Morgan fingerprint density at radius 3 is 2.45 bits per heavy atom. The van der Waals surface area contributed by atoms with E-state index in [2.05, 4.69) is 21.3 Å². The third kappa shape index (κ3) is 4.56. The number of thiophene rings is 1. The maximum atomic E-state index is 13.2. The van der Waals surface area contributed by atoms with Crippen LogP contribution in [0.1, 0.15) is 20.9 Å². The highest BCUT2D eigenvalue weighted by Crippen LogP contribution is 2.30. The summed E-state index contributed by atoms with van der Waals surface area (Å²) in [6.45, 7) is 3.85. The number of fused-ring (bicyclic) bond motifs is 1. The number of halogens is 1. The Hall–Kier alpha value is -3.72. The van der Waals surface area contributed by atoms with Crippen LogP contribution >= 0.6 is 11.3 Å². The second-order valence-corrected chi connectivity index (χ2v) is 8.06. The van der Waals surface area contributed by atoms with Gasteiger partial charge in [-0.25, -0.2) is 9.07 Å². The lowest BCUT2D eigenvalue weighted by molar-refractivity contribution is -0.120. The minimum atomic E-state index is -0.421. The second-order valence-electron chi connectivity index (χ2n) is 7.02. The summed E-state index contributed by atoms with van der Waals surface area (Å²) in [4.78, 5) is 25.7. The molecule has 9 heteroatoms. The lowest BCUT2D eigenvalue weighted by Gasteiger charge is -2.08. The van der Waals surface area contributed by atoms with E-state index in [1.807, 2.05) is 38.1 Å². The first-order valence-electron chi connectivity index (χ1n) is 9.55. The van der Waals surface area contributed by atoms with E-state index >= 15 is 0 Å². The van der Waals surface area contributed by atoms with E-state index < -0.39 is 5.91 Å². The number of nitrogens with one attached hydrogen (secondary N) is 3. The van der Waals surface area contributed by atoms with E-state index in [4.69, 9.17) is 0 Å². The Labute approximate surface area is 181 Å². The van der Waals surface area contributed by atoms with Crippen molar-refractivity contribution in [2.45, 2.75) is 13.8 Å². The van der Waals surface area contributed by atoms with Gasteiger partial charge in [-0.1, -0.05) is 17.7 Å². The standard InChI is InChI=1S/C22H20FN5O2S/c1-13-3-7-16(8-4-13)24-12-20(29)25-26-21(30)19-11-18-14(2)27-28(22(18)31-19)17-9-5-15(23)6-10-17/h3-11,24H,12H2,1-2H3,(H,25,29)(H,26,30). The summed E-state index contributed by atoms with van der Waals surface area (Å²) >= 11 is 1.24. The highest BCUT2D eigenvalue weighted by molar-refractivity contribution is 7.20. The molecular weight excluding hydrogens is 417 g/mol. The predicted molar refractivity (Wildman–Crippen MR) is 119 cm³/mol. The summed E-state index contributed by atoms with van der Waals surface area (Å²) in [7, 11) is 0. The fraction of sp³-hybridized carbons (Fsp3) is 0.136. The van der Waals surface area contributed by atoms with E-state index in [1.54, 1.807) is 22.9 Å². The molecule has 0 fully saturated rings. The molecule has 0 saturated heterocycles. The van der Waals surface area contributed by atoms with E-state index in [0.717, 1.165) is 27.2 Å². The van der Waals surface area contributed by atoms with Crippen LogP contribution in [0.5, 0.6) is 0 Å². The number of amides is 2. The third-order valence-corrected chi connectivity index (χ3v) is 5.77. The summed E-state index contributed by atoms with van der Waals surface area (Å²) in [5, 5.41) is 8.29. The Bertz CT molecular complexity index is 1250. The van der Waals surface area contributed by atoms with Gasteiger partial charge in [0, 0.05) is 11.1 Å². The summed E-state index contributed by atoms with van der Waals surface area (Å²) in [5.74, 6) is -1.12. The molecule has 0 spiro atoms. The van der Waals surface area contributed by atoms with Crippen molar-refractivity contribution in [1.82, 2.24) is 20.6 Å². The average Bonchev–Trinajstić information content (AvgIpc) is 3.33. The van der Waals surface area contributed by atoms with Gasteiger partial charge in [0.2, 0.25) is 0 Å². The van der Waals surface area contributed by atoms with Gasteiger partial charge in [0.05, 0.1) is 22.8 Å². The number of benzene rings is 2. The first-order chi connectivity index (χ1) is 14.9. The van der Waals surface area contributed by atoms with Gasteiger partial charge in [-0.15, -0.1) is 11.3 Å². The zero-order chi connectivity index (χ0) is 22.0. The van der Waals surface area contributed by atoms with Crippen molar-refractivity contribution < 1.29 is 14.0 Å². The van der Waals surface area contributed by atoms with Crippen LogP contribution in [0.3, 0.4) is 0 Å². The summed E-state index contributed by atoms with van der Waals surface area (Å²) in [6, 6.07) is 15.4. The zero-order valence-electron chi connectivity index (χ0n) is 16.9. The van der Waals surface area contributed by atoms with E-state index in [1.165, 1.54) is 23.5 Å². The van der Waals surface area contributed by atoms with E-state index in [9.17, 15) is 14.0 Å². The summed E-state index contributed by atoms with van der Waals surface area (Å²) in [5.41, 5.74) is 8.24. The molecular formula is C22H20FN5O2S. The van der Waals surface area contributed by atoms with Crippen LogP contribution in [0, 0.1) is 19.7 Å². The Balaban J connectivity index is 1.41. The van der Waals surface area contributed by atoms with Crippen LogP contribution < -0.4 is 16.2 Å². The predicted octanol–water partition coefficient (Wildman–Crippen LogP) is 3.72. The maximum absolute atomic E-state index is 13.2. The van der Waals surface area contributed by atoms with Gasteiger partial charge < -0.3 is 5.32 Å². The number of carbonyl (C=O) groups excluding carboxylic acids is 2. The minimum absolute atomic E-state index is 0.0222. The molecule has 2 amide bonds. The van der Waals surface area contributed by atoms with Gasteiger partial charge in [-0.05, 0) is 56.3 Å². The van der Waals surface area contributed by atoms with E-state index in [-0.39, 0.29) is 18.3 Å². The molecule has 4 aromatic rings. The van der Waals surface area contributed by atoms with E-state index in [0.29, 0.717) is 10.6 Å². The summed E-state index contributed by atoms with van der Waals surface area (Å²) in [6.07, 6.45) is 0. The fourth-order valence-corrected chi connectivity index (χ4v) is 4.08. The minimum Gasteiger partial charge on any atom is -0.376 e. The van der Waals surface area contributed by atoms with Crippen molar-refractivity contribution in [2.24, 2.45) is 0 Å². The van der Waals surface area contributed by atoms with Crippen molar-refractivity contribution in [3.8, 4) is 5.69 Å². The number of aromatic nitrogens is 2. The molecule has 158 valence electrons. The van der Waals surface area contributed by atoms with Crippen LogP contribution in [-0.2, 0) is 4.79 Å². The molecule has 0 atom stereocenters. The number of hydrazine groups is 1. The monoisotopic (exact) mass is 437 g/mol. The third-order valence-electron chi connectivity index (χ3n) is 4.66. The Morgan fingerprint density at radius 1 is 1.03 bits per heavy atom. The molecule has 0 aliphatic heterocycles. The molecule has 2 aromatic carbocycles. The zero-order valence-corrected chi connectivity index (χ0v) is 17.7. The number of rotatable bonds is 5. The number of aryl methyl sites for hydroxylation is 2. The molecule has 4 rings (SSSR count). The van der Waals surface area contributed by atoms with Crippen LogP contribution in [0.4, 0.5) is 10.1 Å². The second kappa shape index (κ2) is 8.57. The van der Waals surface area contributed by atoms with Crippen LogP contribution in [0.25, 0.3) is 15.9 Å². The molecule has 0 bridgehead atoms. The largest absolute Gasteiger partial charge is 0.376 e. The first kappa shape index (κ1) is 20.5. The molecule has 2 heterocycles. The highest BCUT2D eigenvalue weighted by atomic mass is 32.1. The number of carbonyl (C=O) groups is 2. The Morgan fingerprint density at radius 2 is 1.74 bits per heavy atom. The number of nitrogens with zero attached hydrogens (tertiary/aromatic N) is 2. The number of anilines is 1. The highest BCUT2D eigenvalue weighted by Gasteiger charge is 2.17. The lowest BCUT2D eigenvalue weighted by Crippen LogP contribution is -2.43. The SMILES string of the molecule is Cc1ccc(NCC(=O)NNC(=O)c2cc3c(C)nn(-c4ccc(F)cc4)c3s2)cc1. The fourth-order valence-electron chi connectivity index (χ4n) is 3.00. The molecule has 7 nitrogen and oxygen atoms in total. The van der Waals surface area contributed by atoms with Crippen LogP contribution in [-0.4, -0.2) is 28.1 Å². The van der Waals surface area contributed by atoms with Crippen LogP contribution in [0.15, 0.2) is 54.6 Å². The number of hydrogen-bond donors (Lipinski definition) is 3. The van der Waals surface area contributed by atoms with Gasteiger partial charge in [-0.3, -0.25) is 20.4 Å². The summed E-state index contributed by atoms with van der Waals surface area (Å²) < 4.78 is 14.9. The molecule has 3 N–H and O–H groups in total. The van der Waals surface area contributed by atoms with Gasteiger partial charge in [-0.2, -0.15) is 5.10 Å². The van der Waals surface area contributed by atoms with Crippen molar-refractivity contribution >= 4 is 39.1 Å². The van der Waals surface area contributed by atoms with Gasteiger partial charge in [0.1, 0.15) is 10.6 Å². The first-order valence-corrected chi connectivity index (χ1v) is 10.4. The van der Waals surface area contributed by atoms with Gasteiger partial charge in [0.15, 0.2) is 0 Å². The smallest absolute Gasteiger partial charge is 0.279 e. The van der Waals surface area contributed by atoms with Gasteiger partial charge in [0.25, 0.3) is 11.8 Å². The van der Waals surface area contributed by atoms with Crippen molar-refractivity contribution in [3.05, 3.63) is 76.5 Å². The lowest BCUT2D eigenvalue weighted by atomic mass is 10.2. The maximum Gasteiger partial charge on any atom is 0.279 e. The molecule has 0 aliphatic rings. The molecule has 0 saturated carbocycles. The quantitative estimate of drug-likeness (QED) is 0.415. The van der Waals surface area contributed by atoms with Crippen molar-refractivity contribution in [1.29, 1.82) is 0 Å². The van der Waals surface area contributed by atoms with Gasteiger partial charge >= 0.3 is 0 Å². The molecule has 0 aliphatic carbocycles. The Kier molecular flexibility index (Phi) is 5.68. The average molecular weight is 438 g/mol. The van der Waals surface area contributed by atoms with Crippen molar-refractivity contribution in [3.63, 3.8) is 0 Å². The number of hydrogen-bond acceptors (Lipinski definition) is 5. The molecule has 0 radical (unpaired) electrons. The molecule has 31 heavy (non-hydrogen) atoms. The normalized spacial score (nSPS) is 10.8. The molecule has 0 unspecified atom stereocenters. The van der Waals surface area contributed by atoms with Crippen molar-refractivity contribution in [2.75, 3.05) is 11.9 Å². The molecule has 2 aromatic heterocycles. The topological polar surface area (TPSA) is 88.1 Å². The van der Waals surface area contributed by atoms with Crippen LogP contribution in [0.2, 0.25) is 0 Å².